The number of imidazole rings is 1. The zero-order chi connectivity index (χ0) is 19.2. The molecule has 0 radical (unpaired) electrons. The van der Waals surface area contributed by atoms with Gasteiger partial charge in [0.15, 0.2) is 0 Å². The van der Waals surface area contributed by atoms with E-state index in [1.54, 1.807) is 12.1 Å². The number of aromatic amines is 1. The molecule has 0 saturated heterocycles. The molecule has 3 aromatic rings. The van der Waals surface area contributed by atoms with Crippen LogP contribution in [0.3, 0.4) is 0 Å². The van der Waals surface area contributed by atoms with E-state index in [-0.39, 0.29) is 11.3 Å². The van der Waals surface area contributed by atoms with Crippen LogP contribution < -0.4 is 15.2 Å². The van der Waals surface area contributed by atoms with Crippen molar-refractivity contribution in [1.29, 1.82) is 0 Å². The Labute approximate surface area is 156 Å². The summed E-state index contributed by atoms with van der Waals surface area (Å²) < 4.78 is 12.9. The standard InChI is InChI=1S/C20H21N3O4/c1-4-13-18(24)23(19(25)22-13)12-8-9-16(21-10-12)27-15-7-5-6-14-17(15)20(2,3)11-26-14/h5-10,24H,4,11H2,1-3H3,(H,22,25). The van der Waals surface area contributed by atoms with Gasteiger partial charge in [0.05, 0.1) is 24.2 Å². The van der Waals surface area contributed by atoms with Crippen molar-refractivity contribution in [2.45, 2.75) is 32.6 Å². The lowest BCUT2D eigenvalue weighted by atomic mass is 9.86. The smallest absolute Gasteiger partial charge is 0.333 e. The number of ether oxygens (including phenoxy) is 2. The molecule has 0 amide bonds. The molecule has 3 heterocycles. The second kappa shape index (κ2) is 6.19. The van der Waals surface area contributed by atoms with E-state index in [1.165, 1.54) is 10.8 Å². The second-order valence-corrected chi connectivity index (χ2v) is 7.18. The molecule has 0 aliphatic carbocycles. The Morgan fingerprint density at radius 3 is 2.81 bits per heavy atom. The van der Waals surface area contributed by atoms with Gasteiger partial charge in [-0.25, -0.2) is 14.3 Å². The van der Waals surface area contributed by atoms with E-state index in [4.69, 9.17) is 9.47 Å². The Hall–Kier alpha value is -3.22. The summed E-state index contributed by atoms with van der Waals surface area (Å²) in [4.78, 5) is 19.0. The van der Waals surface area contributed by atoms with Crippen LogP contribution in [0, 0.1) is 0 Å². The summed E-state index contributed by atoms with van der Waals surface area (Å²) in [6.45, 7) is 6.67. The van der Waals surface area contributed by atoms with Crippen LogP contribution in [0.25, 0.3) is 5.69 Å². The lowest BCUT2D eigenvalue weighted by Crippen LogP contribution is -2.19. The first-order valence-corrected chi connectivity index (χ1v) is 8.84. The Kier molecular flexibility index (Phi) is 3.95. The van der Waals surface area contributed by atoms with Gasteiger partial charge in [-0.1, -0.05) is 26.8 Å². The summed E-state index contributed by atoms with van der Waals surface area (Å²) in [5, 5.41) is 10.2. The number of fused-ring (bicyclic) bond motifs is 1. The monoisotopic (exact) mass is 367 g/mol. The summed E-state index contributed by atoms with van der Waals surface area (Å²) in [7, 11) is 0. The third-order valence-electron chi connectivity index (χ3n) is 4.74. The number of hydrogen-bond donors (Lipinski definition) is 2. The van der Waals surface area contributed by atoms with Crippen LogP contribution in [-0.2, 0) is 11.8 Å². The highest BCUT2D eigenvalue weighted by Crippen LogP contribution is 2.45. The van der Waals surface area contributed by atoms with Crippen LogP contribution in [0.4, 0.5) is 0 Å². The van der Waals surface area contributed by atoms with Crippen molar-refractivity contribution >= 4 is 0 Å². The maximum absolute atomic E-state index is 12.1. The van der Waals surface area contributed by atoms with Crippen molar-refractivity contribution in [2.75, 3.05) is 6.61 Å². The van der Waals surface area contributed by atoms with E-state index >= 15 is 0 Å². The van der Waals surface area contributed by atoms with Crippen molar-refractivity contribution in [2.24, 2.45) is 0 Å². The fourth-order valence-corrected chi connectivity index (χ4v) is 3.35. The fourth-order valence-electron chi connectivity index (χ4n) is 3.35. The van der Waals surface area contributed by atoms with Crippen LogP contribution in [0.5, 0.6) is 23.3 Å². The van der Waals surface area contributed by atoms with Gasteiger partial charge in [-0.2, -0.15) is 0 Å². The zero-order valence-corrected chi connectivity index (χ0v) is 15.4. The highest BCUT2D eigenvalue weighted by molar-refractivity contribution is 5.53. The number of hydrogen-bond acceptors (Lipinski definition) is 5. The van der Waals surface area contributed by atoms with Gasteiger partial charge in [0.25, 0.3) is 0 Å². The number of benzene rings is 1. The Morgan fingerprint density at radius 1 is 1.33 bits per heavy atom. The number of nitrogens with zero attached hydrogens (tertiary/aromatic N) is 2. The van der Waals surface area contributed by atoms with Crippen LogP contribution in [0.2, 0.25) is 0 Å². The van der Waals surface area contributed by atoms with E-state index in [2.05, 4.69) is 23.8 Å². The Bertz CT molecular complexity index is 1050. The van der Waals surface area contributed by atoms with Crippen molar-refractivity contribution < 1.29 is 14.6 Å². The Balaban J connectivity index is 1.65. The van der Waals surface area contributed by atoms with E-state index in [1.807, 2.05) is 25.1 Å². The minimum atomic E-state index is -0.403. The molecule has 27 heavy (non-hydrogen) atoms. The maximum Gasteiger partial charge on any atom is 0.333 e. The number of H-pyrrole nitrogens is 1. The number of aromatic nitrogens is 3. The van der Waals surface area contributed by atoms with E-state index in [0.29, 0.717) is 36.0 Å². The molecule has 7 nitrogen and oxygen atoms in total. The van der Waals surface area contributed by atoms with Gasteiger partial charge >= 0.3 is 5.69 Å². The molecule has 0 spiro atoms. The summed E-state index contributed by atoms with van der Waals surface area (Å²) >= 11 is 0. The van der Waals surface area contributed by atoms with Crippen molar-refractivity contribution in [3.63, 3.8) is 0 Å². The van der Waals surface area contributed by atoms with Gasteiger partial charge in [-0.05, 0) is 24.6 Å². The predicted molar refractivity (Wildman–Crippen MR) is 100 cm³/mol. The van der Waals surface area contributed by atoms with Crippen LogP contribution in [0.15, 0.2) is 41.3 Å². The minimum absolute atomic E-state index is 0.0993. The molecule has 2 N–H and O–H groups in total. The first-order valence-electron chi connectivity index (χ1n) is 8.84. The van der Waals surface area contributed by atoms with Crippen molar-refractivity contribution in [3.8, 4) is 28.9 Å². The molecule has 1 aromatic carbocycles. The molecule has 1 aliphatic heterocycles. The summed E-state index contributed by atoms with van der Waals surface area (Å²) in [6.07, 6.45) is 2.02. The SMILES string of the molecule is CCc1[nH]c(=O)n(-c2ccc(Oc3cccc4c3C(C)(C)CO4)nc2)c1O. The van der Waals surface area contributed by atoms with Crippen LogP contribution in [0.1, 0.15) is 32.0 Å². The molecule has 0 unspecified atom stereocenters. The van der Waals surface area contributed by atoms with Gasteiger partial charge in [0, 0.05) is 17.0 Å². The highest BCUT2D eigenvalue weighted by atomic mass is 16.5. The van der Waals surface area contributed by atoms with Gasteiger partial charge < -0.3 is 19.6 Å². The molecule has 4 rings (SSSR count). The van der Waals surface area contributed by atoms with E-state index in [9.17, 15) is 9.90 Å². The molecule has 0 bridgehead atoms. The number of nitrogens with one attached hydrogen (secondary N) is 1. The Morgan fingerprint density at radius 2 is 2.15 bits per heavy atom. The number of rotatable bonds is 4. The van der Waals surface area contributed by atoms with Gasteiger partial charge in [-0.15, -0.1) is 0 Å². The average Bonchev–Trinajstić information content (AvgIpc) is 3.12. The van der Waals surface area contributed by atoms with Gasteiger partial charge in [0.1, 0.15) is 11.5 Å². The molecule has 0 fully saturated rings. The quantitative estimate of drug-likeness (QED) is 0.739. The summed E-state index contributed by atoms with van der Waals surface area (Å²) in [5.74, 6) is 1.82. The molecule has 0 atom stereocenters. The van der Waals surface area contributed by atoms with Crippen molar-refractivity contribution in [1.82, 2.24) is 14.5 Å². The first-order chi connectivity index (χ1) is 12.9. The lowest BCUT2D eigenvalue weighted by Gasteiger charge is -2.18. The summed E-state index contributed by atoms with van der Waals surface area (Å²) in [5.41, 5.74) is 1.42. The van der Waals surface area contributed by atoms with Gasteiger partial charge in [-0.3, -0.25) is 0 Å². The zero-order valence-electron chi connectivity index (χ0n) is 15.4. The average molecular weight is 367 g/mol. The van der Waals surface area contributed by atoms with Crippen LogP contribution >= 0.6 is 0 Å². The largest absolute Gasteiger partial charge is 0.493 e. The highest BCUT2D eigenvalue weighted by Gasteiger charge is 2.35. The normalized spacial score (nSPS) is 14.6. The van der Waals surface area contributed by atoms with Crippen LogP contribution in [-0.4, -0.2) is 26.2 Å². The van der Waals surface area contributed by atoms with E-state index < -0.39 is 5.69 Å². The molecular formula is C20H21N3O4. The van der Waals surface area contributed by atoms with Gasteiger partial charge in [0.2, 0.25) is 11.8 Å². The number of aryl methyl sites for hydroxylation is 1. The third-order valence-corrected chi connectivity index (χ3v) is 4.74. The molecular weight excluding hydrogens is 346 g/mol. The first kappa shape index (κ1) is 17.2. The molecule has 0 saturated carbocycles. The number of pyridine rings is 1. The fraction of sp³-hybridized carbons (Fsp3) is 0.300. The summed E-state index contributed by atoms with van der Waals surface area (Å²) in [6, 6.07) is 9.05. The lowest BCUT2D eigenvalue weighted by molar-refractivity contribution is 0.290. The molecule has 2 aromatic heterocycles. The molecule has 7 heteroatoms. The maximum atomic E-state index is 12.1. The second-order valence-electron chi connectivity index (χ2n) is 7.18. The molecule has 140 valence electrons. The van der Waals surface area contributed by atoms with Crippen molar-refractivity contribution in [3.05, 3.63) is 58.3 Å². The predicted octanol–water partition coefficient (Wildman–Crippen LogP) is 3.29. The van der Waals surface area contributed by atoms with E-state index in [0.717, 1.165) is 11.3 Å². The number of aromatic hydroxyl groups is 1. The third kappa shape index (κ3) is 2.85. The molecule has 1 aliphatic rings. The minimum Gasteiger partial charge on any atom is -0.493 e. The topological polar surface area (TPSA) is 89.4 Å².